The van der Waals surface area contributed by atoms with Gasteiger partial charge in [0.2, 0.25) is 0 Å². The molecule has 0 amide bonds. The van der Waals surface area contributed by atoms with Crippen LogP contribution in [0.3, 0.4) is 0 Å². The lowest BCUT2D eigenvalue weighted by Crippen LogP contribution is -2.29. The van der Waals surface area contributed by atoms with E-state index in [1.165, 1.54) is 0 Å². The molecule has 0 saturated heterocycles. The summed E-state index contributed by atoms with van der Waals surface area (Å²) in [6.45, 7) is 6.61. The third-order valence-electron chi connectivity index (χ3n) is 2.70. The molecule has 2 N–H and O–H groups in total. The summed E-state index contributed by atoms with van der Waals surface area (Å²) in [5.74, 6) is 0.942. The summed E-state index contributed by atoms with van der Waals surface area (Å²) in [4.78, 5) is 0. The van der Waals surface area contributed by atoms with Crippen LogP contribution in [-0.4, -0.2) is 20.6 Å². The number of rotatable bonds is 3. The van der Waals surface area contributed by atoms with Crippen molar-refractivity contribution in [2.24, 2.45) is 11.1 Å². The van der Waals surface area contributed by atoms with Crippen molar-refractivity contribution in [2.75, 3.05) is 0 Å². The molecule has 2 aromatic heterocycles. The maximum absolute atomic E-state index is 6.16. The Labute approximate surface area is 102 Å². The highest BCUT2D eigenvalue weighted by molar-refractivity contribution is 5.37. The predicted molar refractivity (Wildman–Crippen MR) is 68.7 cm³/mol. The van der Waals surface area contributed by atoms with Gasteiger partial charge in [0.25, 0.3) is 0 Å². The molecule has 0 saturated carbocycles. The lowest BCUT2D eigenvalue weighted by atomic mass is 9.87. The first kappa shape index (κ1) is 12.0. The molecule has 0 spiro atoms. The Morgan fingerprint density at radius 3 is 2.76 bits per heavy atom. The maximum atomic E-state index is 6.16. The van der Waals surface area contributed by atoms with Gasteiger partial charge in [-0.25, -0.2) is 0 Å². The molecule has 0 aliphatic carbocycles. The van der Waals surface area contributed by atoms with Crippen LogP contribution in [0.5, 0.6) is 0 Å². The van der Waals surface area contributed by atoms with Gasteiger partial charge in [-0.15, -0.1) is 10.2 Å². The molecule has 4 heteroatoms. The van der Waals surface area contributed by atoms with Crippen molar-refractivity contribution < 1.29 is 0 Å². The van der Waals surface area contributed by atoms with Crippen LogP contribution in [-0.2, 0) is 6.42 Å². The summed E-state index contributed by atoms with van der Waals surface area (Å²) in [6.07, 6.45) is 3.73. The molecule has 0 aliphatic heterocycles. The zero-order chi connectivity index (χ0) is 12.5. The molecule has 0 aromatic carbocycles. The second kappa shape index (κ2) is 4.45. The van der Waals surface area contributed by atoms with Gasteiger partial charge in [0, 0.05) is 18.7 Å². The van der Waals surface area contributed by atoms with Crippen molar-refractivity contribution in [3.8, 4) is 0 Å². The topological polar surface area (TPSA) is 56.2 Å². The molecule has 1 unspecified atom stereocenters. The number of fused-ring (bicyclic) bond motifs is 1. The van der Waals surface area contributed by atoms with Crippen LogP contribution in [0.2, 0.25) is 0 Å². The highest BCUT2D eigenvalue weighted by Gasteiger charge is 2.17. The van der Waals surface area contributed by atoms with Gasteiger partial charge in [-0.3, -0.25) is 4.40 Å². The normalized spacial score (nSPS) is 14.1. The molecule has 0 aliphatic rings. The summed E-state index contributed by atoms with van der Waals surface area (Å²) < 4.78 is 2.00. The van der Waals surface area contributed by atoms with Crippen molar-refractivity contribution in [2.45, 2.75) is 39.7 Å². The fraction of sp³-hybridized carbons (Fsp3) is 0.538. The fourth-order valence-corrected chi connectivity index (χ4v) is 2.12. The molecule has 2 aromatic rings. The Bertz CT molecular complexity index is 495. The summed E-state index contributed by atoms with van der Waals surface area (Å²) in [5, 5.41) is 8.32. The van der Waals surface area contributed by atoms with E-state index in [2.05, 4.69) is 31.0 Å². The second-order valence-corrected chi connectivity index (χ2v) is 5.77. The van der Waals surface area contributed by atoms with Crippen molar-refractivity contribution in [1.82, 2.24) is 14.6 Å². The standard InChI is InChI=1S/C13H20N4/c1-13(2,3)9-10(14)8-12-16-15-11-6-4-5-7-17(11)12/h4-7,10H,8-9,14H2,1-3H3. The smallest absolute Gasteiger partial charge is 0.160 e. The zero-order valence-corrected chi connectivity index (χ0v) is 10.7. The minimum atomic E-state index is 0.127. The first-order valence-corrected chi connectivity index (χ1v) is 6.00. The molecule has 0 bridgehead atoms. The first-order chi connectivity index (χ1) is 7.96. The average Bonchev–Trinajstić information content (AvgIpc) is 2.59. The quantitative estimate of drug-likeness (QED) is 0.881. The van der Waals surface area contributed by atoms with Gasteiger partial charge in [-0.1, -0.05) is 26.8 Å². The number of pyridine rings is 1. The van der Waals surface area contributed by atoms with Crippen LogP contribution >= 0.6 is 0 Å². The molecule has 4 nitrogen and oxygen atoms in total. The molecular weight excluding hydrogens is 212 g/mol. The van der Waals surface area contributed by atoms with Crippen molar-refractivity contribution in [1.29, 1.82) is 0 Å². The van der Waals surface area contributed by atoms with Gasteiger partial charge < -0.3 is 5.73 Å². The van der Waals surface area contributed by atoms with Crippen LogP contribution in [0, 0.1) is 5.41 Å². The number of nitrogens with two attached hydrogens (primary N) is 1. The SMILES string of the molecule is CC(C)(C)CC(N)Cc1nnc2ccccn12. The van der Waals surface area contributed by atoms with Crippen molar-refractivity contribution >= 4 is 5.65 Å². The Balaban J connectivity index is 2.13. The molecule has 0 radical (unpaired) electrons. The van der Waals surface area contributed by atoms with E-state index >= 15 is 0 Å². The summed E-state index contributed by atoms with van der Waals surface area (Å²) in [7, 11) is 0. The minimum Gasteiger partial charge on any atom is -0.327 e. The summed E-state index contributed by atoms with van der Waals surface area (Å²) in [5.41, 5.74) is 7.29. The second-order valence-electron chi connectivity index (χ2n) is 5.77. The van der Waals surface area contributed by atoms with Crippen molar-refractivity contribution in [3.05, 3.63) is 30.2 Å². The van der Waals surface area contributed by atoms with E-state index in [0.29, 0.717) is 0 Å². The first-order valence-electron chi connectivity index (χ1n) is 6.00. The third-order valence-corrected chi connectivity index (χ3v) is 2.70. The number of hydrogen-bond donors (Lipinski definition) is 1. The van der Waals surface area contributed by atoms with E-state index in [1.54, 1.807) is 0 Å². The van der Waals surface area contributed by atoms with Gasteiger partial charge in [0.1, 0.15) is 5.82 Å². The summed E-state index contributed by atoms with van der Waals surface area (Å²) in [6, 6.07) is 6.02. The largest absolute Gasteiger partial charge is 0.327 e. The lowest BCUT2D eigenvalue weighted by Gasteiger charge is -2.22. The molecule has 17 heavy (non-hydrogen) atoms. The molecule has 0 fully saturated rings. The van der Waals surface area contributed by atoms with Crippen LogP contribution in [0.1, 0.15) is 33.0 Å². The highest BCUT2D eigenvalue weighted by Crippen LogP contribution is 2.21. The zero-order valence-electron chi connectivity index (χ0n) is 10.7. The Morgan fingerprint density at radius 1 is 1.29 bits per heavy atom. The number of aromatic nitrogens is 3. The van der Waals surface area contributed by atoms with E-state index in [0.717, 1.165) is 24.3 Å². The Hall–Kier alpha value is -1.42. The fourth-order valence-electron chi connectivity index (χ4n) is 2.12. The Morgan fingerprint density at radius 2 is 2.06 bits per heavy atom. The molecular formula is C13H20N4. The van der Waals surface area contributed by atoms with E-state index in [9.17, 15) is 0 Å². The number of nitrogens with zero attached hydrogens (tertiary/aromatic N) is 3. The molecule has 1 atom stereocenters. The maximum Gasteiger partial charge on any atom is 0.160 e. The highest BCUT2D eigenvalue weighted by atomic mass is 15.2. The van der Waals surface area contributed by atoms with Crippen LogP contribution < -0.4 is 5.73 Å². The predicted octanol–water partition coefficient (Wildman–Crippen LogP) is 2.04. The van der Waals surface area contributed by atoms with E-state index < -0.39 is 0 Å². The molecule has 2 heterocycles. The van der Waals surface area contributed by atoms with E-state index in [1.807, 2.05) is 28.8 Å². The Kier molecular flexibility index (Phi) is 3.15. The van der Waals surface area contributed by atoms with Crippen molar-refractivity contribution in [3.63, 3.8) is 0 Å². The van der Waals surface area contributed by atoms with Gasteiger partial charge in [-0.05, 0) is 24.0 Å². The van der Waals surface area contributed by atoms with Crippen LogP contribution in [0.15, 0.2) is 24.4 Å². The minimum absolute atomic E-state index is 0.127. The van der Waals surface area contributed by atoms with Gasteiger partial charge in [0.15, 0.2) is 5.65 Å². The number of hydrogen-bond acceptors (Lipinski definition) is 3. The third kappa shape index (κ3) is 3.03. The monoisotopic (exact) mass is 232 g/mol. The average molecular weight is 232 g/mol. The molecule has 2 rings (SSSR count). The van der Waals surface area contributed by atoms with E-state index in [-0.39, 0.29) is 11.5 Å². The molecule has 92 valence electrons. The lowest BCUT2D eigenvalue weighted by molar-refractivity contribution is 0.336. The van der Waals surface area contributed by atoms with Crippen LogP contribution in [0.4, 0.5) is 0 Å². The van der Waals surface area contributed by atoms with Gasteiger partial charge >= 0.3 is 0 Å². The van der Waals surface area contributed by atoms with E-state index in [4.69, 9.17) is 5.73 Å². The van der Waals surface area contributed by atoms with Gasteiger partial charge in [0.05, 0.1) is 0 Å². The van der Waals surface area contributed by atoms with Crippen LogP contribution in [0.25, 0.3) is 5.65 Å². The van der Waals surface area contributed by atoms with Gasteiger partial charge in [-0.2, -0.15) is 0 Å². The summed E-state index contributed by atoms with van der Waals surface area (Å²) >= 11 is 0.